The van der Waals surface area contributed by atoms with Gasteiger partial charge in [0.05, 0.1) is 11.6 Å². The van der Waals surface area contributed by atoms with Gasteiger partial charge in [-0.1, -0.05) is 0 Å². The number of halogens is 1. The number of nitrogens with one attached hydrogen (secondary N) is 1. The summed E-state index contributed by atoms with van der Waals surface area (Å²) < 4.78 is 13.1. The number of anilines is 1. The van der Waals surface area contributed by atoms with E-state index in [1.54, 1.807) is 24.3 Å². The average molecular weight is 237 g/mol. The van der Waals surface area contributed by atoms with E-state index in [1.807, 2.05) is 0 Å². The van der Waals surface area contributed by atoms with E-state index in [9.17, 15) is 4.39 Å². The van der Waals surface area contributed by atoms with Gasteiger partial charge in [0.2, 0.25) is 0 Å². The van der Waals surface area contributed by atoms with Crippen LogP contribution in [0.2, 0.25) is 0 Å². The van der Waals surface area contributed by atoms with Gasteiger partial charge >= 0.3 is 0 Å². The molecule has 1 aromatic rings. The smallest absolute Gasteiger partial charge is 0.163 e. The third-order valence-electron chi connectivity index (χ3n) is 1.88. The van der Waals surface area contributed by atoms with Crippen LogP contribution in [-0.2, 0) is 0 Å². The Kier molecular flexibility index (Phi) is 4.00. The second kappa shape index (κ2) is 5.66. The highest BCUT2D eigenvalue weighted by Crippen LogP contribution is 2.16. The van der Waals surface area contributed by atoms with Crippen LogP contribution in [0.25, 0.3) is 0 Å². The van der Waals surface area contributed by atoms with Gasteiger partial charge in [0, 0.05) is 5.69 Å². The maximum atomic E-state index is 13.1. The van der Waals surface area contributed by atoms with Gasteiger partial charge in [-0.25, -0.2) is 4.39 Å². The van der Waals surface area contributed by atoms with Gasteiger partial charge in [-0.3, -0.25) is 0 Å². The molecule has 0 amide bonds. The summed E-state index contributed by atoms with van der Waals surface area (Å²) in [7, 11) is 0. The lowest BCUT2D eigenvalue weighted by Crippen LogP contribution is -2.01. The van der Waals surface area contributed by atoms with Crippen molar-refractivity contribution in [1.29, 1.82) is 21.0 Å². The molecule has 0 unspecified atom stereocenters. The molecule has 0 saturated heterocycles. The van der Waals surface area contributed by atoms with E-state index in [-0.39, 0.29) is 16.9 Å². The van der Waals surface area contributed by atoms with Gasteiger partial charge in [0.15, 0.2) is 5.57 Å². The predicted octanol–water partition coefficient (Wildman–Crippen LogP) is 1.93. The largest absolute Gasteiger partial charge is 0.345 e. The molecular formula is C12H4FN5. The van der Waals surface area contributed by atoms with Crippen LogP contribution in [0.3, 0.4) is 0 Å². The summed E-state index contributed by atoms with van der Waals surface area (Å²) in [6.45, 7) is 0. The summed E-state index contributed by atoms with van der Waals surface area (Å²) >= 11 is 0. The Balaban J connectivity index is 3.22. The van der Waals surface area contributed by atoms with Crippen LogP contribution < -0.4 is 5.32 Å². The maximum Gasteiger partial charge on any atom is 0.163 e. The first-order chi connectivity index (χ1) is 8.64. The highest BCUT2D eigenvalue weighted by atomic mass is 19.1. The van der Waals surface area contributed by atoms with Gasteiger partial charge in [-0.2, -0.15) is 21.0 Å². The highest BCUT2D eigenvalue weighted by Gasteiger charge is 2.07. The summed E-state index contributed by atoms with van der Waals surface area (Å²) in [5, 5.41) is 37.1. The maximum absolute atomic E-state index is 13.1. The van der Waals surface area contributed by atoms with Crippen molar-refractivity contribution in [2.45, 2.75) is 0 Å². The van der Waals surface area contributed by atoms with Crippen molar-refractivity contribution in [1.82, 2.24) is 0 Å². The topological polar surface area (TPSA) is 107 Å². The Morgan fingerprint density at radius 2 is 1.67 bits per heavy atom. The van der Waals surface area contributed by atoms with Crippen LogP contribution >= 0.6 is 0 Å². The Hall–Kier alpha value is -3.35. The predicted molar refractivity (Wildman–Crippen MR) is 58.6 cm³/mol. The number of nitriles is 4. The molecule has 0 fully saturated rings. The van der Waals surface area contributed by atoms with Gasteiger partial charge in [-0.15, -0.1) is 0 Å². The summed E-state index contributed by atoms with van der Waals surface area (Å²) in [4.78, 5) is 0. The van der Waals surface area contributed by atoms with Crippen molar-refractivity contribution in [3.63, 3.8) is 0 Å². The molecule has 0 bridgehead atoms. The Morgan fingerprint density at radius 3 is 2.17 bits per heavy atom. The molecule has 6 heteroatoms. The van der Waals surface area contributed by atoms with E-state index in [0.29, 0.717) is 0 Å². The fraction of sp³-hybridized carbons (Fsp3) is 0. The number of benzene rings is 1. The number of hydrogen-bond acceptors (Lipinski definition) is 5. The Morgan fingerprint density at radius 1 is 1.00 bits per heavy atom. The number of nitrogens with zero attached hydrogens (tertiary/aromatic N) is 4. The highest BCUT2D eigenvalue weighted by molar-refractivity contribution is 5.60. The van der Waals surface area contributed by atoms with Crippen molar-refractivity contribution < 1.29 is 4.39 Å². The summed E-state index contributed by atoms with van der Waals surface area (Å²) in [5.41, 5.74) is -0.536. The zero-order chi connectivity index (χ0) is 13.5. The molecule has 0 aliphatic carbocycles. The molecule has 0 atom stereocenters. The molecule has 0 aliphatic rings. The second-order valence-electron chi connectivity index (χ2n) is 3.05. The van der Waals surface area contributed by atoms with Gasteiger partial charge in [-0.05, 0) is 18.2 Å². The molecule has 0 saturated carbocycles. The van der Waals surface area contributed by atoms with Crippen molar-refractivity contribution in [3.8, 4) is 24.3 Å². The lowest BCUT2D eigenvalue weighted by atomic mass is 10.2. The summed E-state index contributed by atoms with van der Waals surface area (Å²) in [6.07, 6.45) is 0. The Bertz CT molecular complexity index is 660. The van der Waals surface area contributed by atoms with Crippen molar-refractivity contribution in [2.75, 3.05) is 5.32 Å². The van der Waals surface area contributed by atoms with Crippen molar-refractivity contribution >= 4 is 5.69 Å². The average Bonchev–Trinajstić information content (AvgIpc) is 2.38. The van der Waals surface area contributed by atoms with Gasteiger partial charge in [0.25, 0.3) is 0 Å². The van der Waals surface area contributed by atoms with Crippen LogP contribution in [0.4, 0.5) is 10.1 Å². The van der Waals surface area contributed by atoms with Crippen LogP contribution in [-0.4, -0.2) is 0 Å². The minimum absolute atomic E-state index is 0.0604. The van der Waals surface area contributed by atoms with Crippen LogP contribution in [0, 0.1) is 51.1 Å². The van der Waals surface area contributed by atoms with E-state index in [4.69, 9.17) is 21.0 Å². The molecular weight excluding hydrogens is 233 g/mol. The molecule has 5 nitrogen and oxygen atoms in total. The zero-order valence-electron chi connectivity index (χ0n) is 8.90. The minimum Gasteiger partial charge on any atom is -0.345 e. The van der Waals surface area contributed by atoms with Gasteiger partial charge < -0.3 is 5.32 Å². The fourth-order valence-electron chi connectivity index (χ4n) is 1.15. The third-order valence-corrected chi connectivity index (χ3v) is 1.88. The Labute approximate surface area is 102 Å². The molecule has 0 aliphatic heterocycles. The zero-order valence-corrected chi connectivity index (χ0v) is 8.90. The van der Waals surface area contributed by atoms with E-state index >= 15 is 0 Å². The molecule has 84 valence electrons. The monoisotopic (exact) mass is 237 g/mol. The van der Waals surface area contributed by atoms with Crippen molar-refractivity contribution in [3.05, 3.63) is 40.8 Å². The van der Waals surface area contributed by atoms with E-state index < -0.39 is 11.4 Å². The molecule has 0 spiro atoms. The first-order valence-corrected chi connectivity index (χ1v) is 4.57. The minimum atomic E-state index is -0.663. The normalized spacial score (nSPS) is 8.06. The molecule has 0 aromatic heterocycles. The second-order valence-corrected chi connectivity index (χ2v) is 3.05. The van der Waals surface area contributed by atoms with Crippen LogP contribution in [0.5, 0.6) is 0 Å². The van der Waals surface area contributed by atoms with Crippen LogP contribution in [0.1, 0.15) is 5.56 Å². The lowest BCUT2D eigenvalue weighted by molar-refractivity contribution is 0.628. The molecule has 18 heavy (non-hydrogen) atoms. The molecule has 0 heterocycles. The lowest BCUT2D eigenvalue weighted by Gasteiger charge is -2.04. The van der Waals surface area contributed by atoms with E-state index in [1.165, 1.54) is 6.07 Å². The SMILES string of the molecule is N#CC(C#N)=C(C#N)Nc1cc(F)cc(C#N)c1. The molecule has 0 radical (unpaired) electrons. The van der Waals surface area contributed by atoms with E-state index in [0.717, 1.165) is 12.1 Å². The molecule has 1 aromatic carbocycles. The number of hydrogen-bond donors (Lipinski definition) is 1. The van der Waals surface area contributed by atoms with E-state index in [2.05, 4.69) is 5.32 Å². The number of rotatable bonds is 2. The summed E-state index contributed by atoms with van der Waals surface area (Å²) in [6, 6.07) is 9.83. The molecule has 1 rings (SSSR count). The van der Waals surface area contributed by atoms with Crippen molar-refractivity contribution in [2.24, 2.45) is 0 Å². The number of allylic oxidation sites excluding steroid dienone is 2. The molecule has 1 N–H and O–H groups in total. The first-order valence-electron chi connectivity index (χ1n) is 4.57. The quantitative estimate of drug-likeness (QED) is 0.790. The summed E-state index contributed by atoms with van der Waals surface area (Å²) in [5.74, 6) is -0.663. The fourth-order valence-corrected chi connectivity index (χ4v) is 1.15. The van der Waals surface area contributed by atoms with Crippen LogP contribution in [0.15, 0.2) is 29.5 Å². The standard InChI is InChI=1S/C12H4FN5/c13-10-1-8(4-14)2-11(3-10)18-12(7-17)9(5-15)6-16/h1-3,18H. The third kappa shape index (κ3) is 2.83. The van der Waals surface area contributed by atoms with Gasteiger partial charge in [0.1, 0.15) is 29.7 Å². The first kappa shape index (κ1) is 12.7.